The number of likely N-dealkylation sites (tertiary alicyclic amines) is 1. The number of carbonyl (C=O) groups excluding carboxylic acids is 1. The van der Waals surface area contributed by atoms with Gasteiger partial charge in [0.1, 0.15) is 11.4 Å². The Morgan fingerprint density at radius 2 is 2.30 bits per heavy atom. The van der Waals surface area contributed by atoms with E-state index in [1.54, 1.807) is 4.90 Å². The SMILES string of the molecule is CC(C)(C)OC(=O)N1CCC(NCc2ccc(Br)o2)C1. The number of furan rings is 1. The summed E-state index contributed by atoms with van der Waals surface area (Å²) in [5.74, 6) is 0.882. The van der Waals surface area contributed by atoms with Crippen molar-refractivity contribution in [2.75, 3.05) is 13.1 Å². The number of halogens is 1. The van der Waals surface area contributed by atoms with Crippen molar-refractivity contribution in [3.63, 3.8) is 0 Å². The van der Waals surface area contributed by atoms with Crippen LogP contribution in [0.15, 0.2) is 21.2 Å². The van der Waals surface area contributed by atoms with Crippen molar-refractivity contribution in [3.05, 3.63) is 22.6 Å². The van der Waals surface area contributed by atoms with E-state index in [0.29, 0.717) is 13.1 Å². The maximum absolute atomic E-state index is 11.9. The van der Waals surface area contributed by atoms with E-state index < -0.39 is 5.60 Å². The Kier molecular flexibility index (Phi) is 4.75. The third-order valence-corrected chi connectivity index (χ3v) is 3.46. The van der Waals surface area contributed by atoms with Crippen LogP contribution in [0.4, 0.5) is 4.79 Å². The van der Waals surface area contributed by atoms with Crippen molar-refractivity contribution in [1.82, 2.24) is 10.2 Å². The molecule has 0 aromatic carbocycles. The van der Waals surface area contributed by atoms with E-state index in [2.05, 4.69) is 21.2 Å². The highest BCUT2D eigenvalue weighted by Gasteiger charge is 2.29. The summed E-state index contributed by atoms with van der Waals surface area (Å²) in [4.78, 5) is 13.7. The highest BCUT2D eigenvalue weighted by Crippen LogP contribution is 2.17. The molecule has 1 aromatic heterocycles. The summed E-state index contributed by atoms with van der Waals surface area (Å²) in [7, 11) is 0. The average Bonchev–Trinajstić information content (AvgIpc) is 2.93. The third-order valence-electron chi connectivity index (χ3n) is 3.03. The lowest BCUT2D eigenvalue weighted by atomic mass is 10.2. The molecule has 1 N–H and O–H groups in total. The van der Waals surface area contributed by atoms with Crippen LogP contribution in [0.2, 0.25) is 0 Å². The van der Waals surface area contributed by atoms with Crippen LogP contribution < -0.4 is 5.32 Å². The molecular formula is C14H21BrN2O3. The lowest BCUT2D eigenvalue weighted by Gasteiger charge is -2.24. The molecule has 20 heavy (non-hydrogen) atoms. The van der Waals surface area contributed by atoms with Crippen molar-refractivity contribution in [3.8, 4) is 0 Å². The Balaban J connectivity index is 1.76. The second-order valence-corrected chi connectivity index (χ2v) is 6.78. The van der Waals surface area contributed by atoms with Gasteiger partial charge in [-0.15, -0.1) is 0 Å². The molecule has 5 nitrogen and oxygen atoms in total. The first-order valence-electron chi connectivity index (χ1n) is 6.79. The van der Waals surface area contributed by atoms with Crippen LogP contribution in [0.1, 0.15) is 33.0 Å². The summed E-state index contributed by atoms with van der Waals surface area (Å²) in [5, 5.41) is 3.39. The second kappa shape index (κ2) is 6.18. The van der Waals surface area contributed by atoms with E-state index in [1.807, 2.05) is 32.9 Å². The van der Waals surface area contributed by atoms with Gasteiger partial charge in [-0.3, -0.25) is 0 Å². The van der Waals surface area contributed by atoms with E-state index in [9.17, 15) is 4.79 Å². The fourth-order valence-corrected chi connectivity index (χ4v) is 2.45. The Morgan fingerprint density at radius 1 is 1.55 bits per heavy atom. The molecule has 0 aliphatic carbocycles. The van der Waals surface area contributed by atoms with Crippen molar-refractivity contribution < 1.29 is 13.9 Å². The predicted octanol–water partition coefficient (Wildman–Crippen LogP) is 3.14. The topological polar surface area (TPSA) is 54.7 Å². The van der Waals surface area contributed by atoms with E-state index in [4.69, 9.17) is 9.15 Å². The van der Waals surface area contributed by atoms with Gasteiger partial charge < -0.3 is 19.4 Å². The highest BCUT2D eigenvalue weighted by atomic mass is 79.9. The molecule has 1 unspecified atom stereocenters. The molecule has 2 heterocycles. The Bertz CT molecular complexity index is 467. The summed E-state index contributed by atoms with van der Waals surface area (Å²) in [5.41, 5.74) is -0.441. The van der Waals surface area contributed by atoms with Gasteiger partial charge in [-0.1, -0.05) is 0 Å². The predicted molar refractivity (Wildman–Crippen MR) is 79.5 cm³/mol. The Labute approximate surface area is 127 Å². The van der Waals surface area contributed by atoms with Crippen molar-refractivity contribution in [1.29, 1.82) is 0 Å². The van der Waals surface area contributed by atoms with Crippen molar-refractivity contribution in [2.45, 2.75) is 45.4 Å². The molecule has 1 aromatic rings. The van der Waals surface area contributed by atoms with Gasteiger partial charge in [0.15, 0.2) is 4.67 Å². The summed E-state index contributed by atoms with van der Waals surface area (Å²) in [6.07, 6.45) is 0.698. The normalized spacial score (nSPS) is 19.4. The number of ether oxygens (including phenoxy) is 1. The molecule has 1 saturated heterocycles. The fourth-order valence-electron chi connectivity index (χ4n) is 2.11. The molecule has 0 radical (unpaired) electrons. The monoisotopic (exact) mass is 344 g/mol. The molecule has 1 aliphatic heterocycles. The zero-order valence-corrected chi connectivity index (χ0v) is 13.7. The first-order chi connectivity index (χ1) is 9.33. The summed E-state index contributed by atoms with van der Waals surface area (Å²) >= 11 is 3.28. The summed E-state index contributed by atoms with van der Waals surface area (Å²) < 4.78 is 11.5. The van der Waals surface area contributed by atoms with Gasteiger partial charge >= 0.3 is 6.09 Å². The molecule has 0 bridgehead atoms. The minimum absolute atomic E-state index is 0.234. The van der Waals surface area contributed by atoms with Crippen LogP contribution in [0.5, 0.6) is 0 Å². The number of carbonyl (C=O) groups is 1. The lowest BCUT2D eigenvalue weighted by molar-refractivity contribution is 0.0291. The van der Waals surface area contributed by atoms with E-state index >= 15 is 0 Å². The van der Waals surface area contributed by atoms with Crippen LogP contribution in [0, 0.1) is 0 Å². The molecule has 1 aliphatic rings. The Hall–Kier alpha value is -1.01. The molecule has 1 amide bonds. The molecule has 0 spiro atoms. The van der Waals surface area contributed by atoms with Gasteiger partial charge in [-0.05, 0) is 55.3 Å². The number of rotatable bonds is 3. The molecule has 6 heteroatoms. The van der Waals surface area contributed by atoms with Crippen LogP contribution in [-0.2, 0) is 11.3 Å². The van der Waals surface area contributed by atoms with Crippen LogP contribution >= 0.6 is 15.9 Å². The molecule has 1 atom stereocenters. The highest BCUT2D eigenvalue weighted by molar-refractivity contribution is 9.10. The van der Waals surface area contributed by atoms with E-state index in [0.717, 1.165) is 23.4 Å². The molecule has 112 valence electrons. The minimum atomic E-state index is -0.441. The van der Waals surface area contributed by atoms with E-state index in [-0.39, 0.29) is 12.1 Å². The lowest BCUT2D eigenvalue weighted by Crippen LogP contribution is -2.38. The number of hydrogen-bond donors (Lipinski definition) is 1. The van der Waals surface area contributed by atoms with Crippen molar-refractivity contribution in [2.24, 2.45) is 0 Å². The fraction of sp³-hybridized carbons (Fsp3) is 0.643. The van der Waals surface area contributed by atoms with Gasteiger partial charge in [0.2, 0.25) is 0 Å². The first-order valence-corrected chi connectivity index (χ1v) is 7.58. The molecule has 0 saturated carbocycles. The van der Waals surface area contributed by atoms with Gasteiger partial charge in [0.05, 0.1) is 6.54 Å². The average molecular weight is 345 g/mol. The smallest absolute Gasteiger partial charge is 0.410 e. The van der Waals surface area contributed by atoms with Gasteiger partial charge in [-0.25, -0.2) is 4.79 Å². The quantitative estimate of drug-likeness (QED) is 0.915. The summed E-state index contributed by atoms with van der Waals surface area (Å²) in [6, 6.07) is 4.09. The molecular weight excluding hydrogens is 324 g/mol. The third kappa shape index (κ3) is 4.52. The standard InChI is InChI=1S/C14H21BrN2O3/c1-14(2,3)20-13(18)17-7-6-10(9-17)16-8-11-4-5-12(15)19-11/h4-5,10,16H,6-9H2,1-3H3. The van der Waals surface area contributed by atoms with Gasteiger partial charge in [0.25, 0.3) is 0 Å². The largest absolute Gasteiger partial charge is 0.453 e. The maximum Gasteiger partial charge on any atom is 0.410 e. The van der Waals surface area contributed by atoms with E-state index in [1.165, 1.54) is 0 Å². The second-order valence-electron chi connectivity index (χ2n) is 6.00. The molecule has 2 rings (SSSR count). The van der Waals surface area contributed by atoms with Gasteiger partial charge in [-0.2, -0.15) is 0 Å². The Morgan fingerprint density at radius 3 is 2.90 bits per heavy atom. The number of hydrogen-bond acceptors (Lipinski definition) is 4. The van der Waals surface area contributed by atoms with Crippen molar-refractivity contribution >= 4 is 22.0 Å². The zero-order valence-electron chi connectivity index (χ0n) is 12.1. The number of nitrogens with one attached hydrogen (secondary N) is 1. The van der Waals surface area contributed by atoms with Crippen LogP contribution in [0.25, 0.3) is 0 Å². The zero-order chi connectivity index (χ0) is 14.8. The minimum Gasteiger partial charge on any atom is -0.453 e. The summed E-state index contributed by atoms with van der Waals surface area (Å²) in [6.45, 7) is 7.71. The van der Waals surface area contributed by atoms with Crippen LogP contribution in [0.3, 0.4) is 0 Å². The van der Waals surface area contributed by atoms with Gasteiger partial charge in [0, 0.05) is 19.1 Å². The van der Waals surface area contributed by atoms with Crippen LogP contribution in [-0.4, -0.2) is 35.7 Å². The number of amides is 1. The first kappa shape index (κ1) is 15.4. The maximum atomic E-state index is 11.9. The molecule has 1 fully saturated rings. The number of nitrogens with zero attached hydrogens (tertiary/aromatic N) is 1.